The Morgan fingerprint density at radius 2 is 1.71 bits per heavy atom. The summed E-state index contributed by atoms with van der Waals surface area (Å²) in [5.41, 5.74) is 0.898. The molecule has 0 bridgehead atoms. The second-order valence-corrected chi connectivity index (χ2v) is 6.88. The molecule has 0 aliphatic carbocycles. The maximum Gasteiger partial charge on any atom is 0.243 e. The van der Waals surface area contributed by atoms with Crippen LogP contribution < -0.4 is 4.74 Å². The van der Waals surface area contributed by atoms with Gasteiger partial charge in [-0.3, -0.25) is 0 Å². The van der Waals surface area contributed by atoms with Crippen LogP contribution in [0.5, 0.6) is 5.75 Å². The molecule has 0 spiro atoms. The molecule has 1 atom stereocenters. The minimum atomic E-state index is -3.52. The third kappa shape index (κ3) is 2.54. The van der Waals surface area contributed by atoms with Crippen LogP contribution in [0.15, 0.2) is 59.5 Å². The summed E-state index contributed by atoms with van der Waals surface area (Å²) in [6.07, 6.45) is 0. The van der Waals surface area contributed by atoms with Crippen LogP contribution in [0, 0.1) is 0 Å². The highest BCUT2D eigenvalue weighted by molar-refractivity contribution is 7.89. The fraction of sp³-hybridized carbons (Fsp3) is 0.250. The standard InChI is InChI=1S/C16H17NO3S/c1-13-15-9-5-6-10-16(15)20-12-11-17(13)21(18,19)14-7-3-2-4-8-14/h2-10,13H,11-12H2,1H3. The van der Waals surface area contributed by atoms with Gasteiger partial charge in [0.05, 0.1) is 10.9 Å². The highest BCUT2D eigenvalue weighted by Gasteiger charge is 2.32. The summed E-state index contributed by atoms with van der Waals surface area (Å²) in [5.74, 6) is 0.760. The van der Waals surface area contributed by atoms with Crippen molar-refractivity contribution < 1.29 is 13.2 Å². The van der Waals surface area contributed by atoms with Crippen molar-refractivity contribution >= 4 is 10.0 Å². The van der Waals surface area contributed by atoms with Crippen molar-refractivity contribution in [1.82, 2.24) is 4.31 Å². The van der Waals surface area contributed by atoms with Crippen LogP contribution in [0.2, 0.25) is 0 Å². The van der Waals surface area contributed by atoms with Crippen molar-refractivity contribution in [2.75, 3.05) is 13.2 Å². The molecule has 0 amide bonds. The van der Waals surface area contributed by atoms with Crippen LogP contribution in [0.25, 0.3) is 0 Å². The molecular formula is C16H17NO3S. The number of fused-ring (bicyclic) bond motifs is 1. The third-order valence-corrected chi connectivity index (χ3v) is 5.70. The zero-order valence-corrected chi connectivity index (χ0v) is 12.6. The van der Waals surface area contributed by atoms with Gasteiger partial charge in [0.1, 0.15) is 12.4 Å². The molecule has 0 fully saturated rings. The van der Waals surface area contributed by atoms with Crippen molar-refractivity contribution in [2.24, 2.45) is 0 Å². The van der Waals surface area contributed by atoms with E-state index in [-0.39, 0.29) is 6.04 Å². The van der Waals surface area contributed by atoms with E-state index in [0.29, 0.717) is 18.0 Å². The maximum absolute atomic E-state index is 12.8. The predicted molar refractivity (Wildman–Crippen MR) is 80.7 cm³/mol. The Morgan fingerprint density at radius 3 is 2.48 bits per heavy atom. The lowest BCUT2D eigenvalue weighted by Gasteiger charge is -2.26. The molecule has 2 aromatic rings. The highest BCUT2D eigenvalue weighted by atomic mass is 32.2. The predicted octanol–water partition coefficient (Wildman–Crippen LogP) is 2.83. The average Bonchev–Trinajstić information content (AvgIpc) is 2.68. The first-order valence-corrected chi connectivity index (χ1v) is 8.33. The Kier molecular flexibility index (Phi) is 3.69. The first-order valence-electron chi connectivity index (χ1n) is 6.89. The quantitative estimate of drug-likeness (QED) is 0.857. The molecule has 21 heavy (non-hydrogen) atoms. The molecule has 110 valence electrons. The van der Waals surface area contributed by atoms with Gasteiger partial charge in [-0.15, -0.1) is 0 Å². The van der Waals surface area contributed by atoms with E-state index in [1.807, 2.05) is 37.3 Å². The van der Waals surface area contributed by atoms with E-state index in [1.54, 1.807) is 24.3 Å². The smallest absolute Gasteiger partial charge is 0.243 e. The number of sulfonamides is 1. The minimum Gasteiger partial charge on any atom is -0.492 e. The molecule has 5 heteroatoms. The molecule has 0 radical (unpaired) electrons. The van der Waals surface area contributed by atoms with Crippen LogP contribution in [-0.2, 0) is 10.0 Å². The molecule has 3 rings (SSSR count). The molecule has 1 aliphatic rings. The van der Waals surface area contributed by atoms with E-state index >= 15 is 0 Å². The van der Waals surface area contributed by atoms with E-state index in [0.717, 1.165) is 11.3 Å². The molecule has 0 N–H and O–H groups in total. The van der Waals surface area contributed by atoms with Gasteiger partial charge in [0.25, 0.3) is 0 Å². The van der Waals surface area contributed by atoms with Gasteiger partial charge in [0, 0.05) is 12.1 Å². The number of hydrogen-bond acceptors (Lipinski definition) is 3. The van der Waals surface area contributed by atoms with Crippen LogP contribution in [0.3, 0.4) is 0 Å². The second kappa shape index (κ2) is 5.50. The van der Waals surface area contributed by atoms with Crippen molar-refractivity contribution in [2.45, 2.75) is 17.9 Å². The Bertz CT molecular complexity index is 728. The SMILES string of the molecule is CC1c2ccccc2OCCN1S(=O)(=O)c1ccccc1. The van der Waals surface area contributed by atoms with Crippen LogP contribution in [0.4, 0.5) is 0 Å². The lowest BCUT2D eigenvalue weighted by atomic mass is 10.1. The topological polar surface area (TPSA) is 46.6 Å². The fourth-order valence-electron chi connectivity index (χ4n) is 2.61. The summed E-state index contributed by atoms with van der Waals surface area (Å²) in [5, 5.41) is 0. The summed E-state index contributed by atoms with van der Waals surface area (Å²) < 4.78 is 32.8. The van der Waals surface area contributed by atoms with Crippen molar-refractivity contribution in [1.29, 1.82) is 0 Å². The molecule has 0 saturated heterocycles. The van der Waals surface area contributed by atoms with Gasteiger partial charge >= 0.3 is 0 Å². The van der Waals surface area contributed by atoms with Gasteiger partial charge in [0.2, 0.25) is 10.0 Å². The number of para-hydroxylation sites is 1. The zero-order chi connectivity index (χ0) is 14.9. The molecule has 2 aromatic carbocycles. The van der Waals surface area contributed by atoms with Crippen molar-refractivity contribution in [3.8, 4) is 5.75 Å². The van der Waals surface area contributed by atoms with E-state index in [4.69, 9.17) is 4.74 Å². The number of ether oxygens (including phenoxy) is 1. The summed E-state index contributed by atoms with van der Waals surface area (Å²) in [7, 11) is -3.52. The lowest BCUT2D eigenvalue weighted by molar-refractivity contribution is 0.278. The molecule has 1 aliphatic heterocycles. The molecule has 0 aromatic heterocycles. The van der Waals surface area contributed by atoms with Crippen LogP contribution in [0.1, 0.15) is 18.5 Å². The Labute approximate surface area is 125 Å². The monoisotopic (exact) mass is 303 g/mol. The minimum absolute atomic E-state index is 0.256. The van der Waals surface area contributed by atoms with E-state index in [1.165, 1.54) is 4.31 Å². The van der Waals surface area contributed by atoms with E-state index < -0.39 is 10.0 Å². The van der Waals surface area contributed by atoms with Crippen LogP contribution >= 0.6 is 0 Å². The Morgan fingerprint density at radius 1 is 1.05 bits per heavy atom. The summed E-state index contributed by atoms with van der Waals surface area (Å²) in [6.45, 7) is 2.59. The third-order valence-electron chi connectivity index (χ3n) is 3.72. The number of nitrogens with zero attached hydrogens (tertiary/aromatic N) is 1. The van der Waals surface area contributed by atoms with E-state index in [9.17, 15) is 8.42 Å². The molecular weight excluding hydrogens is 286 g/mol. The first kappa shape index (κ1) is 14.1. The summed E-state index contributed by atoms with van der Waals surface area (Å²) in [6, 6.07) is 15.9. The maximum atomic E-state index is 12.8. The van der Waals surface area contributed by atoms with Gasteiger partial charge < -0.3 is 4.74 Å². The van der Waals surface area contributed by atoms with Crippen molar-refractivity contribution in [3.63, 3.8) is 0 Å². The highest BCUT2D eigenvalue weighted by Crippen LogP contribution is 2.34. The number of benzene rings is 2. The van der Waals surface area contributed by atoms with Crippen molar-refractivity contribution in [3.05, 3.63) is 60.2 Å². The molecule has 1 unspecified atom stereocenters. The summed E-state index contributed by atoms with van der Waals surface area (Å²) in [4.78, 5) is 0.316. The first-order chi connectivity index (χ1) is 10.1. The largest absolute Gasteiger partial charge is 0.492 e. The van der Waals surface area contributed by atoms with Gasteiger partial charge in [-0.2, -0.15) is 4.31 Å². The lowest BCUT2D eigenvalue weighted by Crippen LogP contribution is -2.35. The number of rotatable bonds is 2. The Balaban J connectivity index is 2.03. The normalized spacial score (nSPS) is 19.4. The van der Waals surface area contributed by atoms with Gasteiger partial charge in [0.15, 0.2) is 0 Å². The zero-order valence-electron chi connectivity index (χ0n) is 11.8. The molecule has 1 heterocycles. The van der Waals surface area contributed by atoms with Gasteiger partial charge in [-0.25, -0.2) is 8.42 Å². The average molecular weight is 303 g/mol. The number of hydrogen-bond donors (Lipinski definition) is 0. The fourth-order valence-corrected chi connectivity index (χ4v) is 4.22. The van der Waals surface area contributed by atoms with Crippen LogP contribution in [-0.4, -0.2) is 25.9 Å². The molecule has 0 saturated carbocycles. The van der Waals surface area contributed by atoms with Gasteiger partial charge in [-0.05, 0) is 25.1 Å². The molecule has 4 nitrogen and oxygen atoms in total. The van der Waals surface area contributed by atoms with E-state index in [2.05, 4.69) is 0 Å². The summed E-state index contributed by atoms with van der Waals surface area (Å²) >= 11 is 0. The Hall–Kier alpha value is -1.85. The van der Waals surface area contributed by atoms with Gasteiger partial charge in [-0.1, -0.05) is 36.4 Å². The second-order valence-electron chi connectivity index (χ2n) is 4.99.